The topological polar surface area (TPSA) is 45.3 Å². The van der Waals surface area contributed by atoms with Crippen molar-refractivity contribution in [2.75, 3.05) is 48.5 Å². The highest BCUT2D eigenvalue weighted by atomic mass is 32.2. The molecule has 0 heterocycles. The van der Waals surface area contributed by atoms with E-state index < -0.39 is 20.6 Å². The normalized spacial score (nSPS) is 13.3. The number of nitrogens with zero attached hydrogens (tertiary/aromatic N) is 3. The van der Waals surface area contributed by atoms with Crippen LogP contribution < -0.4 is 0 Å². The molecular weight excluding hydrogens is 296 g/mol. The Bertz CT molecular complexity index is 297. The van der Waals surface area contributed by atoms with E-state index in [1.807, 2.05) is 0 Å². The monoisotopic (exact) mass is 317 g/mol. The van der Waals surface area contributed by atoms with Gasteiger partial charge in [0.2, 0.25) is 0 Å². The van der Waals surface area contributed by atoms with Crippen molar-refractivity contribution >= 4 is 20.9 Å². The SMILES string of the molecule is CSC(F)(F)O[Si](=O)OC(N(C)C)(N(C)C)N(C)C. The first-order valence-electron chi connectivity index (χ1n) is 5.37. The van der Waals surface area contributed by atoms with Gasteiger partial charge in [-0.15, -0.1) is 0 Å². The summed E-state index contributed by atoms with van der Waals surface area (Å²) in [6.45, 7) is 0. The fourth-order valence-corrected chi connectivity index (χ4v) is 3.29. The van der Waals surface area contributed by atoms with Gasteiger partial charge in [-0.3, -0.25) is 4.46 Å². The summed E-state index contributed by atoms with van der Waals surface area (Å²) in [4.78, 5) is 4.82. The largest absolute Gasteiger partial charge is 0.775 e. The zero-order valence-electron chi connectivity index (χ0n) is 12.2. The molecule has 0 aliphatic heterocycles. The Morgan fingerprint density at radius 3 is 1.58 bits per heavy atom. The third-order valence-electron chi connectivity index (χ3n) is 2.41. The zero-order chi connectivity index (χ0) is 15.4. The summed E-state index contributed by atoms with van der Waals surface area (Å²) in [7, 11) is 6.70. The van der Waals surface area contributed by atoms with Crippen LogP contribution in [0.2, 0.25) is 0 Å². The summed E-state index contributed by atoms with van der Waals surface area (Å²) in [5.41, 5.74) is -3.53. The van der Waals surface area contributed by atoms with Gasteiger partial charge in [-0.05, 0) is 60.3 Å². The summed E-state index contributed by atoms with van der Waals surface area (Å²) in [5.74, 6) is -1.25. The molecule has 0 fully saturated rings. The van der Waals surface area contributed by atoms with Gasteiger partial charge >= 0.3 is 14.6 Å². The lowest BCUT2D eigenvalue weighted by Crippen LogP contribution is -2.67. The standard InChI is InChI=1S/C9H21F2N3O3SSi/c1-12(2)9(13(3)4,14(5)6)17-19(15)16-8(10,11)18-7/h1-7H3. The summed E-state index contributed by atoms with van der Waals surface area (Å²) in [6.07, 6.45) is 1.16. The molecule has 6 nitrogen and oxygen atoms in total. The molecule has 0 spiro atoms. The van der Waals surface area contributed by atoms with E-state index in [0.29, 0.717) is 0 Å². The molecular formula is C9H21F2N3O3SSi. The van der Waals surface area contributed by atoms with Gasteiger partial charge in [-0.1, -0.05) is 0 Å². The first-order valence-corrected chi connectivity index (χ1v) is 7.81. The highest BCUT2D eigenvalue weighted by Gasteiger charge is 2.46. The van der Waals surface area contributed by atoms with Gasteiger partial charge < -0.3 is 8.85 Å². The van der Waals surface area contributed by atoms with Crippen molar-refractivity contribution in [3.63, 3.8) is 0 Å². The van der Waals surface area contributed by atoms with Crippen LogP contribution in [0.25, 0.3) is 0 Å². The van der Waals surface area contributed by atoms with Crippen molar-refractivity contribution in [1.29, 1.82) is 0 Å². The molecule has 0 aromatic rings. The maximum atomic E-state index is 13.0. The maximum absolute atomic E-state index is 13.0. The highest BCUT2D eigenvalue weighted by Crippen LogP contribution is 2.29. The van der Waals surface area contributed by atoms with Crippen LogP contribution >= 0.6 is 11.8 Å². The van der Waals surface area contributed by atoms with Crippen molar-refractivity contribution < 1.29 is 22.1 Å². The lowest BCUT2D eigenvalue weighted by molar-refractivity contribution is -0.263. The number of hydrogen-bond donors (Lipinski definition) is 0. The minimum atomic E-state index is -3.53. The van der Waals surface area contributed by atoms with Gasteiger partial charge in [0.15, 0.2) is 0 Å². The average molecular weight is 317 g/mol. The molecule has 10 heteroatoms. The average Bonchev–Trinajstić information content (AvgIpc) is 2.23. The summed E-state index contributed by atoms with van der Waals surface area (Å²) < 4.78 is 47.2. The third kappa shape index (κ3) is 4.63. The number of hydrogen-bond acceptors (Lipinski definition) is 7. The fraction of sp³-hybridized carbons (Fsp3) is 1.00. The maximum Gasteiger partial charge on any atom is 0.775 e. The molecule has 0 radical (unpaired) electrons. The Morgan fingerprint density at radius 1 is 0.947 bits per heavy atom. The second-order valence-corrected chi connectivity index (χ2v) is 6.17. The lowest BCUT2D eigenvalue weighted by Gasteiger charge is -2.47. The Morgan fingerprint density at radius 2 is 1.32 bits per heavy atom. The van der Waals surface area contributed by atoms with E-state index in [-0.39, 0.29) is 11.8 Å². The lowest BCUT2D eigenvalue weighted by atomic mass is 10.5. The van der Waals surface area contributed by atoms with Crippen molar-refractivity contribution in [2.45, 2.75) is 11.4 Å². The first-order chi connectivity index (χ1) is 8.49. The van der Waals surface area contributed by atoms with E-state index >= 15 is 0 Å². The minimum absolute atomic E-state index is 0.156. The first kappa shape index (κ1) is 18.7. The Labute approximate surface area is 118 Å². The molecule has 0 atom stereocenters. The van der Waals surface area contributed by atoms with E-state index in [4.69, 9.17) is 4.43 Å². The molecule has 0 saturated heterocycles. The Hall–Kier alpha value is -0.293. The fourth-order valence-electron chi connectivity index (χ4n) is 1.75. The van der Waals surface area contributed by atoms with Crippen molar-refractivity contribution in [3.05, 3.63) is 0 Å². The van der Waals surface area contributed by atoms with Crippen LogP contribution in [0.5, 0.6) is 0 Å². The number of thioether (sulfide) groups is 1. The van der Waals surface area contributed by atoms with Gasteiger partial charge in [-0.2, -0.15) is 8.78 Å². The van der Waals surface area contributed by atoms with Gasteiger partial charge in [0.05, 0.1) is 0 Å². The van der Waals surface area contributed by atoms with Crippen LogP contribution in [0.1, 0.15) is 0 Å². The minimum Gasteiger partial charge on any atom is -0.451 e. The van der Waals surface area contributed by atoms with Crippen LogP contribution in [0.3, 0.4) is 0 Å². The molecule has 0 bridgehead atoms. The van der Waals surface area contributed by atoms with Crippen LogP contribution in [0, 0.1) is 0 Å². The molecule has 0 N–H and O–H groups in total. The van der Waals surface area contributed by atoms with Crippen LogP contribution in [-0.2, 0) is 13.3 Å². The summed E-state index contributed by atoms with van der Waals surface area (Å²) >= 11 is 0.156. The van der Waals surface area contributed by atoms with Gasteiger partial charge in [-0.25, -0.2) is 14.7 Å². The van der Waals surface area contributed by atoms with Crippen LogP contribution in [0.4, 0.5) is 8.78 Å². The van der Waals surface area contributed by atoms with Crippen molar-refractivity contribution in [2.24, 2.45) is 0 Å². The smallest absolute Gasteiger partial charge is 0.451 e. The molecule has 0 aliphatic rings. The second-order valence-electron chi connectivity index (χ2n) is 4.38. The Balaban J connectivity index is 5.09. The van der Waals surface area contributed by atoms with E-state index in [1.54, 1.807) is 57.0 Å². The molecule has 0 saturated carbocycles. The van der Waals surface area contributed by atoms with Crippen LogP contribution in [-0.4, -0.2) is 83.8 Å². The molecule has 0 aromatic carbocycles. The number of rotatable bonds is 8. The molecule has 0 rings (SSSR count). The van der Waals surface area contributed by atoms with Crippen LogP contribution in [0.15, 0.2) is 0 Å². The van der Waals surface area contributed by atoms with Crippen molar-refractivity contribution in [1.82, 2.24) is 14.7 Å². The van der Waals surface area contributed by atoms with Gasteiger partial charge in [0.25, 0.3) is 5.97 Å². The molecule has 0 aromatic heterocycles. The molecule has 0 unspecified atom stereocenters. The predicted octanol–water partition coefficient (Wildman–Crippen LogP) is 0.644. The molecule has 19 heavy (non-hydrogen) atoms. The summed E-state index contributed by atoms with van der Waals surface area (Å²) in [5, 5.41) is 0. The van der Waals surface area contributed by atoms with Crippen molar-refractivity contribution in [3.8, 4) is 0 Å². The number of halogens is 2. The molecule has 114 valence electrons. The molecule has 0 aliphatic carbocycles. The number of alkyl halides is 2. The Kier molecular flexibility index (Phi) is 6.82. The third-order valence-corrected chi connectivity index (χ3v) is 3.98. The summed E-state index contributed by atoms with van der Waals surface area (Å²) in [6, 6.07) is 0. The molecule has 0 amide bonds. The van der Waals surface area contributed by atoms with Gasteiger partial charge in [0.1, 0.15) is 0 Å². The van der Waals surface area contributed by atoms with E-state index in [0.717, 1.165) is 6.26 Å². The quantitative estimate of drug-likeness (QED) is 0.481. The highest BCUT2D eigenvalue weighted by molar-refractivity contribution is 7.99. The predicted molar refractivity (Wildman–Crippen MR) is 70.9 cm³/mol. The zero-order valence-corrected chi connectivity index (χ0v) is 14.0. The van der Waals surface area contributed by atoms with E-state index in [2.05, 4.69) is 4.43 Å². The van der Waals surface area contributed by atoms with E-state index in [9.17, 15) is 13.2 Å². The van der Waals surface area contributed by atoms with E-state index in [1.165, 1.54) is 0 Å². The second kappa shape index (κ2) is 6.93. The van der Waals surface area contributed by atoms with Gasteiger partial charge in [0, 0.05) is 0 Å².